The number of nitro benzene ring substituents is 2. The third kappa shape index (κ3) is 4.15. The normalized spacial score (nSPS) is 13.1. The molecule has 2 N–H and O–H groups in total. The summed E-state index contributed by atoms with van der Waals surface area (Å²) in [5.74, 6) is 0.460. The summed E-state index contributed by atoms with van der Waals surface area (Å²) in [5.41, 5.74) is -0.589. The van der Waals surface area contributed by atoms with Crippen LogP contribution in [0.3, 0.4) is 0 Å². The number of nitro groups is 2. The SMILES string of the molecule is COc1ccc(C(=O)C(=C2NCCCN2)c2ccc([N+](=O)[O-])cc2[N+](=O)[O-])cc1. The molecule has 1 saturated heterocycles. The van der Waals surface area contributed by atoms with Gasteiger partial charge in [-0.3, -0.25) is 25.0 Å². The lowest BCUT2D eigenvalue weighted by molar-refractivity contribution is -0.394. The van der Waals surface area contributed by atoms with Crippen LogP contribution in [0.5, 0.6) is 5.75 Å². The van der Waals surface area contributed by atoms with Gasteiger partial charge in [0.05, 0.1) is 34.2 Å². The van der Waals surface area contributed by atoms with Gasteiger partial charge in [-0.1, -0.05) is 0 Å². The first-order valence-corrected chi connectivity index (χ1v) is 8.76. The summed E-state index contributed by atoms with van der Waals surface area (Å²) in [6, 6.07) is 9.58. The van der Waals surface area contributed by atoms with Crippen molar-refractivity contribution in [3.05, 3.63) is 79.6 Å². The number of hydrogen-bond acceptors (Lipinski definition) is 8. The van der Waals surface area contributed by atoms with Crippen molar-refractivity contribution in [1.82, 2.24) is 10.6 Å². The van der Waals surface area contributed by atoms with E-state index in [0.717, 1.165) is 18.6 Å². The molecule has 150 valence electrons. The van der Waals surface area contributed by atoms with Crippen molar-refractivity contribution < 1.29 is 19.4 Å². The Hall–Kier alpha value is -3.95. The number of methoxy groups -OCH3 is 1. The molecule has 1 aliphatic rings. The molecule has 1 heterocycles. The van der Waals surface area contributed by atoms with Gasteiger partial charge < -0.3 is 15.4 Å². The van der Waals surface area contributed by atoms with Crippen LogP contribution in [0.25, 0.3) is 5.57 Å². The summed E-state index contributed by atoms with van der Waals surface area (Å²) in [5, 5.41) is 28.8. The Labute approximate surface area is 165 Å². The van der Waals surface area contributed by atoms with Gasteiger partial charge in [-0.15, -0.1) is 0 Å². The van der Waals surface area contributed by atoms with Crippen molar-refractivity contribution >= 4 is 22.7 Å². The van der Waals surface area contributed by atoms with Crippen molar-refractivity contribution in [3.8, 4) is 5.75 Å². The third-order valence-electron chi connectivity index (χ3n) is 4.44. The summed E-state index contributed by atoms with van der Waals surface area (Å²) < 4.78 is 5.10. The van der Waals surface area contributed by atoms with E-state index in [1.807, 2.05) is 0 Å². The molecule has 10 nitrogen and oxygen atoms in total. The monoisotopic (exact) mass is 398 g/mol. The Morgan fingerprint density at radius 2 is 1.66 bits per heavy atom. The number of carbonyl (C=O) groups is 1. The lowest BCUT2D eigenvalue weighted by Crippen LogP contribution is -2.37. The van der Waals surface area contributed by atoms with Gasteiger partial charge in [0, 0.05) is 24.7 Å². The average Bonchev–Trinajstić information content (AvgIpc) is 2.74. The van der Waals surface area contributed by atoms with E-state index < -0.39 is 27.0 Å². The van der Waals surface area contributed by atoms with E-state index in [1.165, 1.54) is 13.2 Å². The molecule has 2 aromatic carbocycles. The number of nitrogens with one attached hydrogen (secondary N) is 2. The van der Waals surface area contributed by atoms with Crippen LogP contribution in [0.15, 0.2) is 48.3 Å². The Morgan fingerprint density at radius 3 is 2.21 bits per heavy atom. The molecule has 0 saturated carbocycles. The quantitative estimate of drug-likeness (QED) is 0.328. The van der Waals surface area contributed by atoms with E-state index in [9.17, 15) is 25.0 Å². The smallest absolute Gasteiger partial charge is 0.284 e. The summed E-state index contributed by atoms with van der Waals surface area (Å²) in [6.45, 7) is 1.17. The number of allylic oxidation sites excluding steroid dienone is 1. The zero-order valence-electron chi connectivity index (χ0n) is 15.5. The van der Waals surface area contributed by atoms with Crippen molar-refractivity contribution in [2.24, 2.45) is 0 Å². The standard InChI is InChI=1S/C19H18N4O6/c1-29-14-6-3-12(4-7-14)18(24)17(19-20-9-2-10-21-19)15-8-5-13(22(25)26)11-16(15)23(27)28/h3-8,11,20-21H,2,9-10H2,1H3. The maximum Gasteiger partial charge on any atom is 0.284 e. The largest absolute Gasteiger partial charge is 0.497 e. The van der Waals surface area contributed by atoms with E-state index in [2.05, 4.69) is 10.6 Å². The average molecular weight is 398 g/mol. The first kappa shape index (κ1) is 19.8. The lowest BCUT2D eigenvalue weighted by atomic mass is 9.94. The summed E-state index contributed by atoms with van der Waals surface area (Å²) >= 11 is 0. The number of ketones is 1. The van der Waals surface area contributed by atoms with Gasteiger partial charge in [0.1, 0.15) is 11.6 Å². The molecule has 0 radical (unpaired) electrons. The van der Waals surface area contributed by atoms with Crippen molar-refractivity contribution in [3.63, 3.8) is 0 Å². The topological polar surface area (TPSA) is 137 Å². The Kier molecular flexibility index (Phi) is 5.72. The number of nitrogens with zero attached hydrogens (tertiary/aromatic N) is 2. The van der Waals surface area contributed by atoms with Crippen molar-refractivity contribution in [2.45, 2.75) is 6.42 Å². The van der Waals surface area contributed by atoms with Crippen LogP contribution in [0.2, 0.25) is 0 Å². The molecule has 2 aromatic rings. The molecular formula is C19H18N4O6. The predicted molar refractivity (Wildman–Crippen MR) is 105 cm³/mol. The highest BCUT2D eigenvalue weighted by Gasteiger charge is 2.29. The number of rotatable bonds is 6. The van der Waals surface area contributed by atoms with Crippen LogP contribution in [0.4, 0.5) is 11.4 Å². The van der Waals surface area contributed by atoms with Crippen LogP contribution in [0.1, 0.15) is 22.3 Å². The van der Waals surface area contributed by atoms with E-state index in [1.54, 1.807) is 24.3 Å². The molecule has 1 aliphatic heterocycles. The maximum absolute atomic E-state index is 13.3. The molecule has 0 amide bonds. The summed E-state index contributed by atoms with van der Waals surface area (Å²) in [7, 11) is 1.50. The van der Waals surface area contributed by atoms with Gasteiger partial charge in [0.25, 0.3) is 11.4 Å². The Morgan fingerprint density at radius 1 is 1.00 bits per heavy atom. The zero-order chi connectivity index (χ0) is 21.0. The van der Waals surface area contributed by atoms with E-state index in [4.69, 9.17) is 4.74 Å². The molecule has 0 atom stereocenters. The predicted octanol–water partition coefficient (Wildman–Crippen LogP) is 2.65. The fraction of sp³-hybridized carbons (Fsp3) is 0.211. The molecule has 10 heteroatoms. The molecule has 1 fully saturated rings. The summed E-state index contributed by atoms with van der Waals surface area (Å²) in [6.07, 6.45) is 0.815. The number of ether oxygens (including phenoxy) is 1. The number of hydrogen-bond donors (Lipinski definition) is 2. The number of carbonyl (C=O) groups excluding carboxylic acids is 1. The van der Waals surface area contributed by atoms with Gasteiger partial charge in [-0.05, 0) is 36.8 Å². The number of Topliss-reactive ketones (excluding diaryl/α,β-unsaturated/α-hetero) is 1. The maximum atomic E-state index is 13.3. The van der Waals surface area contributed by atoms with Gasteiger partial charge in [-0.25, -0.2) is 0 Å². The molecule has 0 unspecified atom stereocenters. The van der Waals surface area contributed by atoms with Crippen LogP contribution in [0, 0.1) is 20.2 Å². The Balaban J connectivity index is 2.18. The number of benzene rings is 2. The molecular weight excluding hydrogens is 380 g/mol. The molecule has 29 heavy (non-hydrogen) atoms. The van der Waals surface area contributed by atoms with Gasteiger partial charge in [0.15, 0.2) is 5.78 Å². The van der Waals surface area contributed by atoms with Gasteiger partial charge >= 0.3 is 0 Å². The molecule has 0 aliphatic carbocycles. The fourth-order valence-electron chi connectivity index (χ4n) is 3.01. The highest BCUT2D eigenvalue weighted by Crippen LogP contribution is 2.33. The van der Waals surface area contributed by atoms with E-state index in [-0.39, 0.29) is 11.1 Å². The van der Waals surface area contributed by atoms with Crippen LogP contribution >= 0.6 is 0 Å². The van der Waals surface area contributed by atoms with Gasteiger partial charge in [0.2, 0.25) is 0 Å². The fourth-order valence-corrected chi connectivity index (χ4v) is 3.01. The Bertz CT molecular complexity index is 992. The van der Waals surface area contributed by atoms with E-state index in [0.29, 0.717) is 30.2 Å². The second-order valence-corrected chi connectivity index (χ2v) is 6.23. The molecule has 3 rings (SSSR count). The minimum atomic E-state index is -0.729. The minimum Gasteiger partial charge on any atom is -0.497 e. The van der Waals surface area contributed by atoms with Gasteiger partial charge in [-0.2, -0.15) is 0 Å². The minimum absolute atomic E-state index is 0.00156. The van der Waals surface area contributed by atoms with Crippen molar-refractivity contribution in [1.29, 1.82) is 0 Å². The molecule has 0 bridgehead atoms. The summed E-state index contributed by atoms with van der Waals surface area (Å²) in [4.78, 5) is 34.5. The molecule has 0 aromatic heterocycles. The molecule has 0 spiro atoms. The van der Waals surface area contributed by atoms with E-state index >= 15 is 0 Å². The first-order valence-electron chi connectivity index (χ1n) is 8.76. The van der Waals surface area contributed by atoms with Crippen molar-refractivity contribution in [2.75, 3.05) is 20.2 Å². The highest BCUT2D eigenvalue weighted by molar-refractivity contribution is 6.30. The van der Waals surface area contributed by atoms with Crippen LogP contribution in [-0.4, -0.2) is 35.8 Å². The number of non-ortho nitro benzene ring substituents is 1. The lowest BCUT2D eigenvalue weighted by Gasteiger charge is -2.23. The second-order valence-electron chi connectivity index (χ2n) is 6.23. The second kappa shape index (κ2) is 8.38. The highest BCUT2D eigenvalue weighted by atomic mass is 16.6. The third-order valence-corrected chi connectivity index (χ3v) is 4.44. The zero-order valence-corrected chi connectivity index (χ0v) is 15.5. The first-order chi connectivity index (χ1) is 13.9. The van der Waals surface area contributed by atoms with Crippen LogP contribution in [-0.2, 0) is 0 Å². The van der Waals surface area contributed by atoms with Crippen LogP contribution < -0.4 is 15.4 Å².